The second-order valence-corrected chi connectivity index (χ2v) is 6.14. The van der Waals surface area contributed by atoms with Crippen molar-refractivity contribution >= 4 is 6.16 Å². The molecule has 1 rings (SSSR count). The van der Waals surface area contributed by atoms with E-state index < -0.39 is 11.8 Å². The van der Waals surface area contributed by atoms with Crippen LogP contribution in [0.15, 0.2) is 24.3 Å². The molecule has 0 aromatic heterocycles. The van der Waals surface area contributed by atoms with Crippen LogP contribution < -0.4 is 4.74 Å². The fourth-order valence-electron chi connectivity index (χ4n) is 1.55. The highest BCUT2D eigenvalue weighted by Gasteiger charge is 2.17. The normalized spacial score (nSPS) is 11.5. The molecule has 0 unspecified atom stereocenters. The van der Waals surface area contributed by atoms with Gasteiger partial charge in [0.2, 0.25) is 0 Å². The standard InChI is InChI=1S/C16H24O3/c1-12(2)6-7-13-8-10-14(11-9-13)18-15(17)19-16(3,4)5/h8-12H,6-7H2,1-5H3. The Bertz CT molecular complexity index is 399. The van der Waals surface area contributed by atoms with E-state index >= 15 is 0 Å². The van der Waals surface area contributed by atoms with E-state index in [0.29, 0.717) is 11.7 Å². The van der Waals surface area contributed by atoms with E-state index in [1.165, 1.54) is 5.56 Å². The molecule has 106 valence electrons. The first-order valence-corrected chi connectivity index (χ1v) is 6.76. The second-order valence-electron chi connectivity index (χ2n) is 6.14. The van der Waals surface area contributed by atoms with Crippen LogP contribution in [-0.2, 0) is 11.2 Å². The number of benzene rings is 1. The Morgan fingerprint density at radius 2 is 1.74 bits per heavy atom. The molecule has 0 fully saturated rings. The molecule has 0 saturated heterocycles. The fraction of sp³-hybridized carbons (Fsp3) is 0.562. The third-order valence-corrected chi connectivity index (χ3v) is 2.52. The first-order chi connectivity index (χ1) is 8.76. The highest BCUT2D eigenvalue weighted by Crippen LogP contribution is 2.17. The van der Waals surface area contributed by atoms with Crippen molar-refractivity contribution in [1.82, 2.24) is 0 Å². The summed E-state index contributed by atoms with van der Waals surface area (Å²) in [5.41, 5.74) is 0.721. The molecule has 0 atom stereocenters. The molecule has 0 saturated carbocycles. The molecule has 0 spiro atoms. The number of aryl methyl sites for hydroxylation is 1. The molecule has 0 aliphatic heterocycles. The fourth-order valence-corrected chi connectivity index (χ4v) is 1.55. The van der Waals surface area contributed by atoms with Crippen LogP contribution in [0.2, 0.25) is 0 Å². The molecule has 1 aromatic carbocycles. The SMILES string of the molecule is CC(C)CCc1ccc(OC(=O)OC(C)(C)C)cc1. The predicted octanol–water partition coefficient (Wildman–Crippen LogP) is 4.59. The Hall–Kier alpha value is -1.51. The van der Waals surface area contributed by atoms with Crippen molar-refractivity contribution < 1.29 is 14.3 Å². The zero-order chi connectivity index (χ0) is 14.5. The third kappa shape index (κ3) is 6.85. The summed E-state index contributed by atoms with van der Waals surface area (Å²) in [5, 5.41) is 0. The molecule has 0 amide bonds. The van der Waals surface area contributed by atoms with Gasteiger partial charge in [-0.05, 0) is 57.2 Å². The van der Waals surface area contributed by atoms with Crippen molar-refractivity contribution in [1.29, 1.82) is 0 Å². The topological polar surface area (TPSA) is 35.5 Å². The van der Waals surface area contributed by atoms with Gasteiger partial charge in [0, 0.05) is 0 Å². The molecule has 1 aromatic rings. The first kappa shape index (κ1) is 15.5. The average Bonchev–Trinajstić information content (AvgIpc) is 2.25. The zero-order valence-electron chi connectivity index (χ0n) is 12.5. The van der Waals surface area contributed by atoms with Crippen LogP contribution in [0.4, 0.5) is 4.79 Å². The van der Waals surface area contributed by atoms with Gasteiger partial charge in [0.25, 0.3) is 0 Å². The van der Waals surface area contributed by atoms with Gasteiger partial charge in [0.15, 0.2) is 0 Å². The van der Waals surface area contributed by atoms with Crippen molar-refractivity contribution in [3.05, 3.63) is 29.8 Å². The van der Waals surface area contributed by atoms with Gasteiger partial charge in [-0.1, -0.05) is 26.0 Å². The molecule has 0 heterocycles. The molecule has 19 heavy (non-hydrogen) atoms. The number of rotatable bonds is 4. The van der Waals surface area contributed by atoms with Gasteiger partial charge >= 0.3 is 6.16 Å². The lowest BCUT2D eigenvalue weighted by molar-refractivity contribution is 0.0206. The highest BCUT2D eigenvalue weighted by molar-refractivity contribution is 5.64. The maximum Gasteiger partial charge on any atom is 0.514 e. The van der Waals surface area contributed by atoms with Crippen molar-refractivity contribution in [2.24, 2.45) is 5.92 Å². The Kier molecular flexibility index (Phi) is 5.40. The van der Waals surface area contributed by atoms with Gasteiger partial charge in [-0.2, -0.15) is 0 Å². The van der Waals surface area contributed by atoms with E-state index in [2.05, 4.69) is 13.8 Å². The van der Waals surface area contributed by atoms with E-state index in [-0.39, 0.29) is 0 Å². The molecule has 0 radical (unpaired) electrons. The van der Waals surface area contributed by atoms with E-state index in [4.69, 9.17) is 9.47 Å². The molecule has 0 bridgehead atoms. The minimum atomic E-state index is -0.664. The number of carbonyl (C=O) groups is 1. The molecule has 0 N–H and O–H groups in total. The van der Waals surface area contributed by atoms with Gasteiger partial charge < -0.3 is 9.47 Å². The van der Waals surface area contributed by atoms with Crippen LogP contribution in [0.3, 0.4) is 0 Å². The summed E-state index contributed by atoms with van der Waals surface area (Å²) in [7, 11) is 0. The van der Waals surface area contributed by atoms with Gasteiger partial charge in [0.1, 0.15) is 11.4 Å². The van der Waals surface area contributed by atoms with Gasteiger partial charge in [0.05, 0.1) is 0 Å². The average molecular weight is 264 g/mol. The van der Waals surface area contributed by atoms with Crippen LogP contribution in [0, 0.1) is 5.92 Å². The van der Waals surface area contributed by atoms with Crippen molar-refractivity contribution in [3.63, 3.8) is 0 Å². The molecular weight excluding hydrogens is 240 g/mol. The summed E-state index contributed by atoms with van der Waals surface area (Å²) >= 11 is 0. The Labute approximate surface area is 115 Å². The maximum atomic E-state index is 11.5. The van der Waals surface area contributed by atoms with Gasteiger partial charge in [-0.25, -0.2) is 4.79 Å². The van der Waals surface area contributed by atoms with E-state index in [1.54, 1.807) is 12.1 Å². The first-order valence-electron chi connectivity index (χ1n) is 6.76. The smallest absolute Gasteiger partial charge is 0.428 e. The van der Waals surface area contributed by atoms with Gasteiger partial charge in [-0.15, -0.1) is 0 Å². The van der Waals surface area contributed by atoms with Crippen LogP contribution in [0.25, 0.3) is 0 Å². The summed E-state index contributed by atoms with van der Waals surface area (Å²) in [6.07, 6.45) is 1.54. The molecule has 3 heteroatoms. The van der Waals surface area contributed by atoms with Gasteiger partial charge in [-0.3, -0.25) is 0 Å². The lowest BCUT2D eigenvalue weighted by Crippen LogP contribution is -2.25. The Morgan fingerprint density at radius 1 is 1.16 bits per heavy atom. The minimum Gasteiger partial charge on any atom is -0.428 e. The van der Waals surface area contributed by atoms with Crippen LogP contribution in [0.1, 0.15) is 46.6 Å². The van der Waals surface area contributed by atoms with E-state index in [0.717, 1.165) is 12.8 Å². The summed E-state index contributed by atoms with van der Waals surface area (Å²) in [6.45, 7) is 9.84. The number of hydrogen-bond acceptors (Lipinski definition) is 3. The molecule has 0 aliphatic carbocycles. The lowest BCUT2D eigenvalue weighted by Gasteiger charge is -2.18. The summed E-state index contributed by atoms with van der Waals surface area (Å²) in [6, 6.07) is 7.59. The van der Waals surface area contributed by atoms with Crippen LogP contribution >= 0.6 is 0 Å². The van der Waals surface area contributed by atoms with E-state index in [9.17, 15) is 4.79 Å². The molecular formula is C16H24O3. The minimum absolute atomic E-state index is 0.516. The van der Waals surface area contributed by atoms with Crippen molar-refractivity contribution in [3.8, 4) is 5.75 Å². The molecule has 3 nitrogen and oxygen atoms in total. The highest BCUT2D eigenvalue weighted by atomic mass is 16.7. The Balaban J connectivity index is 2.50. The van der Waals surface area contributed by atoms with E-state index in [1.807, 2.05) is 32.9 Å². The quantitative estimate of drug-likeness (QED) is 0.589. The van der Waals surface area contributed by atoms with Crippen molar-refractivity contribution in [2.75, 3.05) is 0 Å². The zero-order valence-corrected chi connectivity index (χ0v) is 12.5. The number of ether oxygens (including phenoxy) is 2. The van der Waals surface area contributed by atoms with Crippen LogP contribution in [0.5, 0.6) is 5.75 Å². The maximum absolute atomic E-state index is 11.5. The summed E-state index contributed by atoms with van der Waals surface area (Å²) < 4.78 is 10.2. The predicted molar refractivity (Wildman–Crippen MR) is 76.5 cm³/mol. The summed E-state index contributed by atoms with van der Waals surface area (Å²) in [5.74, 6) is 1.21. The largest absolute Gasteiger partial charge is 0.514 e. The molecule has 0 aliphatic rings. The van der Waals surface area contributed by atoms with Crippen LogP contribution in [-0.4, -0.2) is 11.8 Å². The van der Waals surface area contributed by atoms with Crippen molar-refractivity contribution in [2.45, 2.75) is 53.1 Å². The Morgan fingerprint density at radius 3 is 2.21 bits per heavy atom. The second kappa shape index (κ2) is 6.60. The third-order valence-electron chi connectivity index (χ3n) is 2.52. The monoisotopic (exact) mass is 264 g/mol. The number of hydrogen-bond donors (Lipinski definition) is 0. The number of carbonyl (C=O) groups excluding carboxylic acids is 1. The lowest BCUT2D eigenvalue weighted by atomic mass is 10.0. The summed E-state index contributed by atoms with van der Waals surface area (Å²) in [4.78, 5) is 11.5.